The van der Waals surface area contributed by atoms with Crippen LogP contribution in [0.1, 0.15) is 38.8 Å². The van der Waals surface area contributed by atoms with Gasteiger partial charge < -0.3 is 5.32 Å². The van der Waals surface area contributed by atoms with E-state index in [-0.39, 0.29) is 0 Å². The molecule has 1 unspecified atom stereocenters. The van der Waals surface area contributed by atoms with E-state index in [0.29, 0.717) is 11.3 Å². The van der Waals surface area contributed by atoms with Gasteiger partial charge in [0.15, 0.2) is 0 Å². The Labute approximate surface area is 96.3 Å². The molecule has 1 N–H and O–H groups in total. The lowest BCUT2D eigenvalue weighted by atomic mass is 10.1. The summed E-state index contributed by atoms with van der Waals surface area (Å²) in [5, 5.41) is 3.63. The van der Waals surface area contributed by atoms with E-state index < -0.39 is 0 Å². The molecule has 0 spiro atoms. The van der Waals surface area contributed by atoms with Crippen LogP contribution >= 0.6 is 11.6 Å². The summed E-state index contributed by atoms with van der Waals surface area (Å²) < 4.78 is 0. The number of hydrogen-bond acceptors (Lipinski definition) is 3. The third kappa shape index (κ3) is 4.47. The maximum atomic E-state index is 5.78. The van der Waals surface area contributed by atoms with Crippen LogP contribution in [-0.2, 0) is 0 Å². The first-order valence-corrected chi connectivity index (χ1v) is 5.77. The number of rotatable bonds is 5. The monoisotopic (exact) mass is 227 g/mol. The summed E-state index contributed by atoms with van der Waals surface area (Å²) in [6.45, 7) is 6.26. The van der Waals surface area contributed by atoms with Crippen molar-refractivity contribution in [1.29, 1.82) is 0 Å². The van der Waals surface area contributed by atoms with Crippen LogP contribution in [0.15, 0.2) is 6.07 Å². The fourth-order valence-corrected chi connectivity index (χ4v) is 1.67. The number of nitrogens with zero attached hydrogens (tertiary/aromatic N) is 2. The molecule has 1 aromatic rings. The Morgan fingerprint density at radius 1 is 1.47 bits per heavy atom. The number of halogens is 1. The van der Waals surface area contributed by atoms with Crippen molar-refractivity contribution in [3.63, 3.8) is 0 Å². The first-order valence-electron chi connectivity index (χ1n) is 5.39. The second-order valence-corrected chi connectivity index (χ2v) is 4.19. The molecule has 1 atom stereocenters. The van der Waals surface area contributed by atoms with Gasteiger partial charge in [-0.05, 0) is 31.9 Å². The maximum absolute atomic E-state index is 5.78. The molecule has 0 aliphatic rings. The third-order valence-corrected chi connectivity index (χ3v) is 2.38. The molecule has 0 amide bonds. The van der Waals surface area contributed by atoms with Crippen LogP contribution in [0.5, 0.6) is 0 Å². The second kappa shape index (κ2) is 5.91. The van der Waals surface area contributed by atoms with Crippen LogP contribution in [0.4, 0.5) is 5.82 Å². The Morgan fingerprint density at radius 3 is 2.80 bits per heavy atom. The predicted molar refractivity (Wildman–Crippen MR) is 64.4 cm³/mol. The zero-order valence-electron chi connectivity index (χ0n) is 9.55. The van der Waals surface area contributed by atoms with Crippen LogP contribution in [0.3, 0.4) is 0 Å². The van der Waals surface area contributed by atoms with Crippen molar-refractivity contribution in [2.24, 2.45) is 0 Å². The minimum absolute atomic E-state index is 0.306. The van der Waals surface area contributed by atoms with Gasteiger partial charge in [-0.1, -0.05) is 19.8 Å². The molecule has 1 rings (SSSR count). The van der Waals surface area contributed by atoms with Gasteiger partial charge in [-0.15, -0.1) is 0 Å². The van der Waals surface area contributed by atoms with Crippen molar-refractivity contribution >= 4 is 17.4 Å². The van der Waals surface area contributed by atoms with Gasteiger partial charge >= 0.3 is 0 Å². The van der Waals surface area contributed by atoms with Gasteiger partial charge in [0.1, 0.15) is 5.82 Å². The Bertz CT molecular complexity index is 294. The summed E-state index contributed by atoms with van der Waals surface area (Å²) in [5.41, 5.74) is 0.889. The van der Waals surface area contributed by atoms with E-state index in [0.717, 1.165) is 17.9 Å². The average Bonchev–Trinajstić information content (AvgIpc) is 2.13. The zero-order chi connectivity index (χ0) is 11.3. The minimum atomic E-state index is 0.306. The summed E-state index contributed by atoms with van der Waals surface area (Å²) in [7, 11) is 0. The standard InChI is InChI=1S/C11H18ClN3/c1-4-5-6-8(2)13-10-7-9(3)14-11(12)15-10/h7-8H,4-6H2,1-3H3,(H,13,14,15). The quantitative estimate of drug-likeness (QED) is 0.784. The molecule has 1 heterocycles. The van der Waals surface area contributed by atoms with Crippen molar-refractivity contribution < 1.29 is 0 Å². The molecule has 15 heavy (non-hydrogen) atoms. The van der Waals surface area contributed by atoms with Crippen molar-refractivity contribution in [3.8, 4) is 0 Å². The highest BCUT2D eigenvalue weighted by Gasteiger charge is 2.04. The summed E-state index contributed by atoms with van der Waals surface area (Å²) in [5.74, 6) is 0.816. The SMILES string of the molecule is CCCCC(C)Nc1cc(C)nc(Cl)n1. The van der Waals surface area contributed by atoms with Gasteiger partial charge in [-0.25, -0.2) is 9.97 Å². The molecule has 0 fully saturated rings. The summed E-state index contributed by atoms with van der Waals surface area (Å²) in [4.78, 5) is 8.14. The largest absolute Gasteiger partial charge is 0.367 e. The molecule has 0 saturated carbocycles. The van der Waals surface area contributed by atoms with E-state index >= 15 is 0 Å². The number of unbranched alkanes of at least 4 members (excludes halogenated alkanes) is 1. The number of hydrogen-bond donors (Lipinski definition) is 1. The van der Waals surface area contributed by atoms with Gasteiger partial charge in [0.05, 0.1) is 0 Å². The molecule has 84 valence electrons. The topological polar surface area (TPSA) is 37.8 Å². The van der Waals surface area contributed by atoms with Crippen LogP contribution < -0.4 is 5.32 Å². The molecular weight excluding hydrogens is 210 g/mol. The zero-order valence-corrected chi connectivity index (χ0v) is 10.3. The van der Waals surface area contributed by atoms with E-state index in [2.05, 4.69) is 29.1 Å². The van der Waals surface area contributed by atoms with Crippen LogP contribution in [-0.4, -0.2) is 16.0 Å². The lowest BCUT2D eigenvalue weighted by molar-refractivity contribution is 0.643. The molecule has 4 heteroatoms. The van der Waals surface area contributed by atoms with Gasteiger partial charge in [0, 0.05) is 17.8 Å². The third-order valence-electron chi connectivity index (χ3n) is 2.21. The van der Waals surface area contributed by atoms with Gasteiger partial charge in [-0.3, -0.25) is 0 Å². The van der Waals surface area contributed by atoms with Crippen molar-refractivity contribution in [1.82, 2.24) is 9.97 Å². The average molecular weight is 228 g/mol. The summed E-state index contributed by atoms with van der Waals surface area (Å²) in [6, 6.07) is 2.34. The van der Waals surface area contributed by atoms with E-state index in [1.165, 1.54) is 12.8 Å². The van der Waals surface area contributed by atoms with Crippen LogP contribution in [0, 0.1) is 6.92 Å². The lowest BCUT2D eigenvalue weighted by Gasteiger charge is -2.14. The Balaban J connectivity index is 2.56. The lowest BCUT2D eigenvalue weighted by Crippen LogP contribution is -2.16. The Morgan fingerprint density at radius 2 is 2.20 bits per heavy atom. The molecule has 0 aliphatic heterocycles. The summed E-state index contributed by atoms with van der Waals surface area (Å²) >= 11 is 5.78. The molecule has 1 aromatic heterocycles. The molecule has 0 bridgehead atoms. The molecule has 0 aliphatic carbocycles. The first-order chi connectivity index (χ1) is 7.11. The van der Waals surface area contributed by atoms with Crippen molar-refractivity contribution in [2.75, 3.05) is 5.32 Å². The Hall–Kier alpha value is -0.830. The fraction of sp³-hybridized carbons (Fsp3) is 0.636. The molecule has 0 aromatic carbocycles. The van der Waals surface area contributed by atoms with E-state index in [4.69, 9.17) is 11.6 Å². The number of anilines is 1. The predicted octanol–water partition coefficient (Wildman–Crippen LogP) is 3.43. The van der Waals surface area contributed by atoms with E-state index in [1.807, 2.05) is 13.0 Å². The van der Waals surface area contributed by atoms with Gasteiger partial charge in [0.2, 0.25) is 5.28 Å². The highest BCUT2D eigenvalue weighted by molar-refractivity contribution is 6.28. The molecule has 0 radical (unpaired) electrons. The van der Waals surface area contributed by atoms with Gasteiger partial charge in [0.25, 0.3) is 0 Å². The van der Waals surface area contributed by atoms with Crippen LogP contribution in [0.2, 0.25) is 5.28 Å². The molecular formula is C11H18ClN3. The second-order valence-electron chi connectivity index (χ2n) is 3.85. The smallest absolute Gasteiger partial charge is 0.224 e. The van der Waals surface area contributed by atoms with E-state index in [1.54, 1.807) is 0 Å². The van der Waals surface area contributed by atoms with Gasteiger partial charge in [-0.2, -0.15) is 0 Å². The summed E-state index contributed by atoms with van der Waals surface area (Å²) in [6.07, 6.45) is 3.60. The molecule has 0 saturated heterocycles. The number of nitrogens with one attached hydrogen (secondary N) is 1. The van der Waals surface area contributed by atoms with Crippen molar-refractivity contribution in [2.45, 2.75) is 46.1 Å². The number of aryl methyl sites for hydroxylation is 1. The highest BCUT2D eigenvalue weighted by atomic mass is 35.5. The maximum Gasteiger partial charge on any atom is 0.224 e. The number of aromatic nitrogens is 2. The van der Waals surface area contributed by atoms with Crippen molar-refractivity contribution in [3.05, 3.63) is 17.0 Å². The van der Waals surface area contributed by atoms with E-state index in [9.17, 15) is 0 Å². The Kier molecular flexibility index (Phi) is 4.82. The normalized spacial score (nSPS) is 12.5. The fourth-order valence-electron chi connectivity index (χ4n) is 1.44. The van der Waals surface area contributed by atoms with Crippen LogP contribution in [0.25, 0.3) is 0 Å². The molecule has 3 nitrogen and oxygen atoms in total. The first kappa shape index (κ1) is 12.2. The highest BCUT2D eigenvalue weighted by Crippen LogP contribution is 2.12. The minimum Gasteiger partial charge on any atom is -0.367 e.